The standard InChI is InChI=1S/C36H55N5O7/c1-20(2)24-18-26(31(44)38-25(17-22-15-16-22)27(42)30(37)43)41(19-24)32(45)28(35(4,5)6)39-34(47)40-29(36(7,8)9)33(46)48-21(3)23-13-11-10-12-14-23/h10-14,20-22,24-26,28-29H,15-19H2,1-9H3,(H2,37,43)(H,38,44)(H2,39,40,47)/t21-,24-,25?,26+,28-,29-/m1/s1. The maximum atomic E-state index is 14.3. The number of urea groups is 1. The number of ketones is 1. The quantitative estimate of drug-likeness (QED) is 0.183. The van der Waals surface area contributed by atoms with Crippen molar-refractivity contribution in [2.75, 3.05) is 6.54 Å². The Morgan fingerprint density at radius 3 is 1.94 bits per heavy atom. The SMILES string of the molecule is CC(C)[C@@H]1C[C@@H](C(=O)NC(CC2CC2)C(=O)C(N)=O)N(C(=O)[C@@H](NC(=O)N[C@H](C(=O)O[C@H](C)c2ccccc2)C(C)(C)C)C(C)(C)C)C1. The van der Waals surface area contributed by atoms with Gasteiger partial charge in [0.2, 0.25) is 17.6 Å². The Morgan fingerprint density at radius 1 is 0.875 bits per heavy atom. The molecule has 12 heteroatoms. The number of rotatable bonds is 13. The third-order valence-corrected chi connectivity index (χ3v) is 9.33. The van der Waals surface area contributed by atoms with E-state index in [0.29, 0.717) is 12.8 Å². The van der Waals surface area contributed by atoms with Crippen molar-refractivity contribution in [3.8, 4) is 0 Å². The Bertz CT molecular complexity index is 1350. The van der Waals surface area contributed by atoms with Crippen LogP contribution in [0.3, 0.4) is 0 Å². The molecule has 48 heavy (non-hydrogen) atoms. The normalized spacial score (nSPS) is 20.7. The van der Waals surface area contributed by atoms with Gasteiger partial charge in [0.1, 0.15) is 24.2 Å². The lowest BCUT2D eigenvalue weighted by molar-refractivity contribution is -0.153. The number of carbonyl (C=O) groups excluding carboxylic acids is 6. The van der Waals surface area contributed by atoms with Gasteiger partial charge in [-0.05, 0) is 53.9 Å². The fourth-order valence-corrected chi connectivity index (χ4v) is 5.98. The second kappa shape index (κ2) is 15.5. The molecule has 266 valence electrons. The van der Waals surface area contributed by atoms with Gasteiger partial charge in [0.15, 0.2) is 0 Å². The second-order valence-corrected chi connectivity index (χ2v) is 15.9. The minimum Gasteiger partial charge on any atom is -0.456 e. The molecule has 5 amide bonds. The minimum absolute atomic E-state index is 0.0143. The van der Waals surface area contributed by atoms with Crippen LogP contribution in [0.4, 0.5) is 4.79 Å². The number of carbonyl (C=O) groups is 6. The zero-order valence-electron chi connectivity index (χ0n) is 29.9. The van der Waals surface area contributed by atoms with Crippen LogP contribution in [0.2, 0.25) is 0 Å². The molecule has 0 spiro atoms. The number of primary amides is 1. The monoisotopic (exact) mass is 669 g/mol. The van der Waals surface area contributed by atoms with E-state index >= 15 is 0 Å². The Balaban J connectivity index is 1.81. The van der Waals surface area contributed by atoms with Gasteiger partial charge in [0.25, 0.3) is 5.91 Å². The predicted molar refractivity (Wildman–Crippen MR) is 181 cm³/mol. The van der Waals surface area contributed by atoms with Gasteiger partial charge in [0, 0.05) is 6.54 Å². The van der Waals surface area contributed by atoms with Gasteiger partial charge in [-0.1, -0.05) is 98.6 Å². The summed E-state index contributed by atoms with van der Waals surface area (Å²) in [4.78, 5) is 80.8. The molecule has 3 rings (SSSR count). The smallest absolute Gasteiger partial charge is 0.329 e. The average Bonchev–Trinajstić information content (AvgIpc) is 3.69. The number of benzene rings is 1. The first-order valence-electron chi connectivity index (χ1n) is 17.0. The van der Waals surface area contributed by atoms with Crippen LogP contribution < -0.4 is 21.7 Å². The first-order valence-corrected chi connectivity index (χ1v) is 17.0. The summed E-state index contributed by atoms with van der Waals surface area (Å²) in [6, 6.07) is 4.44. The zero-order valence-corrected chi connectivity index (χ0v) is 29.9. The maximum Gasteiger partial charge on any atom is 0.329 e. The summed E-state index contributed by atoms with van der Waals surface area (Å²) >= 11 is 0. The molecule has 2 fully saturated rings. The van der Waals surface area contributed by atoms with E-state index in [9.17, 15) is 28.8 Å². The van der Waals surface area contributed by atoms with Crippen LogP contribution in [0.15, 0.2) is 30.3 Å². The number of Topliss-reactive ketones (excluding diaryl/α,β-unsaturated/α-hetero) is 1. The second-order valence-electron chi connectivity index (χ2n) is 15.9. The molecule has 1 aliphatic carbocycles. The summed E-state index contributed by atoms with van der Waals surface area (Å²) in [5.41, 5.74) is 4.57. The lowest BCUT2D eigenvalue weighted by atomic mass is 9.85. The molecular weight excluding hydrogens is 614 g/mol. The third kappa shape index (κ3) is 10.3. The van der Waals surface area contributed by atoms with Crippen molar-refractivity contribution in [3.05, 3.63) is 35.9 Å². The summed E-state index contributed by atoms with van der Waals surface area (Å²) in [5.74, 6) is -3.23. The van der Waals surface area contributed by atoms with Crippen LogP contribution in [0, 0.1) is 28.6 Å². The largest absolute Gasteiger partial charge is 0.456 e. The number of hydrogen-bond donors (Lipinski definition) is 4. The molecule has 1 saturated heterocycles. The fourth-order valence-electron chi connectivity index (χ4n) is 5.98. The lowest BCUT2D eigenvalue weighted by Crippen LogP contribution is -2.61. The average molecular weight is 670 g/mol. The van der Waals surface area contributed by atoms with Gasteiger partial charge in [0.05, 0.1) is 6.04 Å². The van der Waals surface area contributed by atoms with Crippen LogP contribution in [-0.4, -0.2) is 71.1 Å². The Hall–Kier alpha value is -3.96. The van der Waals surface area contributed by atoms with Crippen molar-refractivity contribution in [1.82, 2.24) is 20.9 Å². The predicted octanol–water partition coefficient (Wildman–Crippen LogP) is 3.63. The molecule has 5 N–H and O–H groups in total. The van der Waals surface area contributed by atoms with E-state index in [1.165, 1.54) is 4.90 Å². The van der Waals surface area contributed by atoms with Crippen molar-refractivity contribution < 1.29 is 33.5 Å². The molecule has 0 aromatic heterocycles. The van der Waals surface area contributed by atoms with E-state index in [2.05, 4.69) is 16.0 Å². The molecule has 1 heterocycles. The van der Waals surface area contributed by atoms with E-state index in [1.807, 2.05) is 44.2 Å². The lowest BCUT2D eigenvalue weighted by Gasteiger charge is -2.37. The number of esters is 1. The Kier molecular flexibility index (Phi) is 12.4. The van der Waals surface area contributed by atoms with Gasteiger partial charge in [-0.15, -0.1) is 0 Å². The van der Waals surface area contributed by atoms with Crippen LogP contribution >= 0.6 is 0 Å². The molecule has 12 nitrogen and oxygen atoms in total. The van der Waals surface area contributed by atoms with Crippen molar-refractivity contribution >= 4 is 35.5 Å². The minimum atomic E-state index is -1.12. The highest BCUT2D eigenvalue weighted by atomic mass is 16.5. The number of hydrogen-bond acceptors (Lipinski definition) is 7. The Morgan fingerprint density at radius 2 is 1.44 bits per heavy atom. The number of nitrogens with two attached hydrogens (primary N) is 1. The molecule has 2 aliphatic rings. The number of nitrogens with one attached hydrogen (secondary N) is 3. The van der Waals surface area contributed by atoms with E-state index in [0.717, 1.165) is 18.4 Å². The topological polar surface area (TPSA) is 177 Å². The van der Waals surface area contributed by atoms with Gasteiger partial charge in [-0.25, -0.2) is 9.59 Å². The van der Waals surface area contributed by atoms with Crippen molar-refractivity contribution in [2.24, 2.45) is 34.3 Å². The molecule has 1 aromatic carbocycles. The van der Waals surface area contributed by atoms with Gasteiger partial charge in [-0.2, -0.15) is 0 Å². The summed E-state index contributed by atoms with van der Waals surface area (Å²) in [7, 11) is 0. The molecule has 1 saturated carbocycles. The van der Waals surface area contributed by atoms with Crippen LogP contribution in [0.5, 0.6) is 0 Å². The zero-order chi connectivity index (χ0) is 36.1. The third-order valence-electron chi connectivity index (χ3n) is 9.33. The fraction of sp³-hybridized carbons (Fsp3) is 0.667. The van der Waals surface area contributed by atoms with Gasteiger partial charge < -0.3 is 31.3 Å². The summed E-state index contributed by atoms with van der Waals surface area (Å²) < 4.78 is 5.74. The molecule has 1 aromatic rings. The van der Waals surface area contributed by atoms with Crippen LogP contribution in [-0.2, 0) is 28.7 Å². The van der Waals surface area contributed by atoms with E-state index in [1.54, 1.807) is 48.5 Å². The van der Waals surface area contributed by atoms with Crippen LogP contribution in [0.1, 0.15) is 99.7 Å². The summed E-state index contributed by atoms with van der Waals surface area (Å²) in [6.07, 6.45) is 1.93. The molecular formula is C36H55N5O7. The molecule has 0 bridgehead atoms. The van der Waals surface area contributed by atoms with E-state index < -0.39 is 76.6 Å². The van der Waals surface area contributed by atoms with Gasteiger partial charge in [-0.3, -0.25) is 19.2 Å². The number of ether oxygens (including phenoxy) is 1. The van der Waals surface area contributed by atoms with E-state index in [4.69, 9.17) is 10.5 Å². The molecule has 1 aliphatic heterocycles. The number of nitrogens with zero attached hydrogens (tertiary/aromatic N) is 1. The van der Waals surface area contributed by atoms with Crippen molar-refractivity contribution in [2.45, 2.75) is 118 Å². The highest BCUT2D eigenvalue weighted by Crippen LogP contribution is 2.35. The first-order chi connectivity index (χ1) is 22.2. The summed E-state index contributed by atoms with van der Waals surface area (Å²) in [5, 5.41) is 8.25. The van der Waals surface area contributed by atoms with E-state index in [-0.39, 0.29) is 24.3 Å². The first kappa shape index (κ1) is 38.5. The van der Waals surface area contributed by atoms with Crippen LogP contribution in [0.25, 0.3) is 0 Å². The number of likely N-dealkylation sites (tertiary alicyclic amines) is 1. The number of amides is 5. The summed E-state index contributed by atoms with van der Waals surface area (Å²) in [6.45, 7) is 16.9. The maximum absolute atomic E-state index is 14.3. The van der Waals surface area contributed by atoms with Crippen molar-refractivity contribution in [1.29, 1.82) is 0 Å². The Labute approximate surface area is 284 Å². The highest BCUT2D eigenvalue weighted by Gasteiger charge is 2.47. The highest BCUT2D eigenvalue weighted by molar-refractivity contribution is 6.37. The molecule has 0 radical (unpaired) electrons. The molecule has 6 atom stereocenters. The van der Waals surface area contributed by atoms with Gasteiger partial charge >= 0.3 is 12.0 Å². The van der Waals surface area contributed by atoms with Crippen molar-refractivity contribution in [3.63, 3.8) is 0 Å². The molecule has 1 unspecified atom stereocenters.